The Hall–Kier alpha value is -2.47. The average Bonchev–Trinajstić information content (AvgIpc) is 3.23. The molecule has 1 aliphatic carbocycles. The predicted octanol–water partition coefficient (Wildman–Crippen LogP) is 4.45. The third kappa shape index (κ3) is 2.34. The van der Waals surface area contributed by atoms with Gasteiger partial charge in [-0.25, -0.2) is 4.98 Å². The molecule has 1 aliphatic rings. The smallest absolute Gasteiger partial charge is 0.224 e. The molecule has 1 atom stereocenters. The van der Waals surface area contributed by atoms with Gasteiger partial charge in [-0.1, -0.05) is 0 Å². The summed E-state index contributed by atoms with van der Waals surface area (Å²) in [5.74, 6) is 1.48. The molecule has 24 heavy (non-hydrogen) atoms. The maximum atomic E-state index is 4.64. The van der Waals surface area contributed by atoms with Gasteiger partial charge in [-0.05, 0) is 37.8 Å². The highest BCUT2D eigenvalue weighted by Crippen LogP contribution is 2.37. The third-order valence-corrected chi connectivity index (χ3v) is 5.85. The maximum Gasteiger partial charge on any atom is 0.224 e. The molecule has 4 aromatic heterocycles. The lowest BCUT2D eigenvalue weighted by molar-refractivity contribution is 0.687. The van der Waals surface area contributed by atoms with E-state index in [0.717, 1.165) is 22.5 Å². The van der Waals surface area contributed by atoms with Crippen LogP contribution in [0.5, 0.6) is 0 Å². The van der Waals surface area contributed by atoms with Gasteiger partial charge in [0.25, 0.3) is 0 Å². The molecular weight excluding hydrogens is 318 g/mol. The monoisotopic (exact) mass is 335 g/mol. The summed E-state index contributed by atoms with van der Waals surface area (Å²) >= 11 is 1.77. The van der Waals surface area contributed by atoms with Crippen molar-refractivity contribution in [1.29, 1.82) is 0 Å². The lowest BCUT2D eigenvalue weighted by atomic mass is 10.2. The molecule has 0 aromatic carbocycles. The Morgan fingerprint density at radius 3 is 3.08 bits per heavy atom. The quantitative estimate of drug-likeness (QED) is 0.578. The summed E-state index contributed by atoms with van der Waals surface area (Å²) in [5, 5.41) is 5.64. The Labute approximate surface area is 143 Å². The van der Waals surface area contributed by atoms with Crippen molar-refractivity contribution in [2.24, 2.45) is 5.92 Å². The fourth-order valence-corrected chi connectivity index (χ4v) is 4.18. The van der Waals surface area contributed by atoms with Crippen molar-refractivity contribution in [2.75, 3.05) is 5.32 Å². The van der Waals surface area contributed by atoms with Gasteiger partial charge >= 0.3 is 0 Å². The van der Waals surface area contributed by atoms with Crippen LogP contribution < -0.4 is 5.32 Å². The highest BCUT2D eigenvalue weighted by atomic mass is 32.1. The number of fused-ring (bicyclic) bond motifs is 2. The van der Waals surface area contributed by atoms with Crippen LogP contribution in [0.2, 0.25) is 0 Å². The van der Waals surface area contributed by atoms with Crippen LogP contribution >= 0.6 is 11.3 Å². The topological polar surface area (TPSA) is 66.5 Å². The standard InChI is InChI=1S/C18H17N5S/c1-10(11-2-3-11)22-18-21-9-14-13(8-20-17(14)23-18)16-6-12-7-19-5-4-15(12)24-16/h4-11H,2-3H2,1H3,(H2,20,21,22,23). The second kappa shape index (κ2) is 5.27. The number of hydrogen-bond donors (Lipinski definition) is 2. The van der Waals surface area contributed by atoms with Crippen LogP contribution in [0.1, 0.15) is 19.8 Å². The van der Waals surface area contributed by atoms with Crippen LogP contribution in [-0.4, -0.2) is 26.0 Å². The first-order chi connectivity index (χ1) is 11.8. The predicted molar refractivity (Wildman–Crippen MR) is 98.3 cm³/mol. The number of thiophene rings is 1. The summed E-state index contributed by atoms with van der Waals surface area (Å²) in [6.45, 7) is 2.20. The fourth-order valence-electron chi connectivity index (χ4n) is 3.12. The number of pyridine rings is 1. The normalized spacial score (nSPS) is 15.9. The maximum absolute atomic E-state index is 4.64. The lowest BCUT2D eigenvalue weighted by Crippen LogP contribution is -2.18. The number of nitrogens with zero attached hydrogens (tertiary/aromatic N) is 3. The molecule has 4 aromatic rings. The largest absolute Gasteiger partial charge is 0.351 e. The summed E-state index contributed by atoms with van der Waals surface area (Å²) in [6, 6.07) is 4.67. The second-order valence-corrected chi connectivity index (χ2v) is 7.54. The number of aromatic amines is 1. The van der Waals surface area contributed by atoms with E-state index in [1.807, 2.05) is 24.8 Å². The van der Waals surface area contributed by atoms with E-state index >= 15 is 0 Å². The van der Waals surface area contributed by atoms with E-state index in [2.05, 4.69) is 44.3 Å². The molecule has 0 saturated heterocycles. The Morgan fingerprint density at radius 1 is 1.33 bits per heavy atom. The summed E-state index contributed by atoms with van der Waals surface area (Å²) < 4.78 is 1.24. The number of H-pyrrole nitrogens is 1. The van der Waals surface area contributed by atoms with Crippen LogP contribution in [0, 0.1) is 5.92 Å². The molecule has 0 bridgehead atoms. The molecule has 2 N–H and O–H groups in total. The van der Waals surface area contributed by atoms with E-state index in [4.69, 9.17) is 0 Å². The van der Waals surface area contributed by atoms with Gasteiger partial charge in [0.15, 0.2) is 0 Å². The van der Waals surface area contributed by atoms with Crippen molar-refractivity contribution in [3.05, 3.63) is 36.9 Å². The number of anilines is 1. The van der Waals surface area contributed by atoms with E-state index < -0.39 is 0 Å². The van der Waals surface area contributed by atoms with Crippen LogP contribution in [0.15, 0.2) is 36.9 Å². The average molecular weight is 335 g/mol. The Kier molecular flexibility index (Phi) is 3.06. The van der Waals surface area contributed by atoms with Crippen LogP contribution in [0.25, 0.3) is 31.6 Å². The summed E-state index contributed by atoms with van der Waals surface area (Å²) in [5.41, 5.74) is 2.02. The van der Waals surface area contributed by atoms with Crippen LogP contribution in [0.3, 0.4) is 0 Å². The van der Waals surface area contributed by atoms with Crippen molar-refractivity contribution in [3.8, 4) is 10.4 Å². The highest BCUT2D eigenvalue weighted by molar-refractivity contribution is 7.22. The van der Waals surface area contributed by atoms with E-state index in [9.17, 15) is 0 Å². The number of rotatable bonds is 4. The minimum Gasteiger partial charge on any atom is -0.351 e. The van der Waals surface area contributed by atoms with Crippen molar-refractivity contribution >= 4 is 38.4 Å². The molecule has 0 aliphatic heterocycles. The molecule has 120 valence electrons. The molecule has 1 saturated carbocycles. The van der Waals surface area contributed by atoms with Gasteiger partial charge in [0.05, 0.1) is 0 Å². The molecule has 0 radical (unpaired) electrons. The van der Waals surface area contributed by atoms with Gasteiger partial charge in [0, 0.05) is 56.7 Å². The van der Waals surface area contributed by atoms with Gasteiger partial charge in [-0.15, -0.1) is 11.3 Å². The molecule has 5 rings (SSSR count). The van der Waals surface area contributed by atoms with Gasteiger partial charge in [-0.2, -0.15) is 4.98 Å². The van der Waals surface area contributed by atoms with Crippen molar-refractivity contribution in [2.45, 2.75) is 25.8 Å². The van der Waals surface area contributed by atoms with Crippen molar-refractivity contribution in [3.63, 3.8) is 0 Å². The Balaban J connectivity index is 1.52. The summed E-state index contributed by atoms with van der Waals surface area (Å²) in [4.78, 5) is 17.9. The fraction of sp³-hybridized carbons (Fsp3) is 0.278. The van der Waals surface area contributed by atoms with Crippen LogP contribution in [-0.2, 0) is 0 Å². The third-order valence-electron chi connectivity index (χ3n) is 4.70. The molecular formula is C18H17N5S. The van der Waals surface area contributed by atoms with Crippen LogP contribution in [0.4, 0.5) is 5.95 Å². The zero-order valence-electron chi connectivity index (χ0n) is 13.3. The number of nitrogens with one attached hydrogen (secondary N) is 2. The lowest BCUT2D eigenvalue weighted by Gasteiger charge is -2.12. The van der Waals surface area contributed by atoms with Gasteiger partial charge in [0.2, 0.25) is 5.95 Å². The molecule has 6 heteroatoms. The van der Waals surface area contributed by atoms with Gasteiger partial charge in [-0.3, -0.25) is 4.98 Å². The van der Waals surface area contributed by atoms with E-state index in [0.29, 0.717) is 12.0 Å². The van der Waals surface area contributed by atoms with E-state index in [1.54, 1.807) is 11.3 Å². The summed E-state index contributed by atoms with van der Waals surface area (Å²) in [7, 11) is 0. The Bertz CT molecular complexity index is 997. The first-order valence-electron chi connectivity index (χ1n) is 8.22. The molecule has 0 amide bonds. The minimum atomic E-state index is 0.437. The molecule has 4 heterocycles. The number of aromatic nitrogens is 4. The van der Waals surface area contributed by atoms with Gasteiger partial charge < -0.3 is 10.3 Å². The molecule has 1 unspecified atom stereocenters. The zero-order valence-corrected chi connectivity index (χ0v) is 14.1. The minimum absolute atomic E-state index is 0.437. The molecule has 1 fully saturated rings. The highest BCUT2D eigenvalue weighted by Gasteiger charge is 2.28. The SMILES string of the molecule is CC(Nc1ncc2c(-c3cc4cnccc4s3)c[nH]c2n1)C1CC1. The Morgan fingerprint density at radius 2 is 2.25 bits per heavy atom. The molecule has 5 nitrogen and oxygen atoms in total. The first kappa shape index (κ1) is 13.9. The summed E-state index contributed by atoms with van der Waals surface area (Å²) in [6.07, 6.45) is 10.3. The number of hydrogen-bond acceptors (Lipinski definition) is 5. The van der Waals surface area contributed by atoms with Gasteiger partial charge in [0.1, 0.15) is 5.65 Å². The molecule has 0 spiro atoms. The first-order valence-corrected chi connectivity index (χ1v) is 9.04. The second-order valence-electron chi connectivity index (χ2n) is 6.45. The van der Waals surface area contributed by atoms with E-state index in [1.165, 1.54) is 27.8 Å². The van der Waals surface area contributed by atoms with E-state index in [-0.39, 0.29) is 0 Å². The zero-order chi connectivity index (χ0) is 16.1. The van der Waals surface area contributed by atoms with Crippen molar-refractivity contribution in [1.82, 2.24) is 19.9 Å². The van der Waals surface area contributed by atoms with Crippen molar-refractivity contribution < 1.29 is 0 Å².